The first-order valence-electron chi connectivity index (χ1n) is 11.7. The van der Waals surface area contributed by atoms with E-state index in [0.29, 0.717) is 18.2 Å². The molecule has 0 atom stereocenters. The van der Waals surface area contributed by atoms with Gasteiger partial charge in [0.25, 0.3) is 0 Å². The Hall–Kier alpha value is -2.28. The van der Waals surface area contributed by atoms with Gasteiger partial charge in [0, 0.05) is 28.1 Å². The first-order valence-corrected chi connectivity index (χ1v) is 12.8. The molecular weight excluding hydrogens is 474 g/mol. The van der Waals surface area contributed by atoms with Crippen LogP contribution in [0.3, 0.4) is 0 Å². The standard InChI is InChI=1S/C27H29ClF2N2OS/c28-22-9-12-24(13-10-22)34-32(26-19-23(29)11-14-25(26)30)20-21-7-2-3-8-27(21)33-18-6-17-31-15-4-1-5-16-31/h2-3,7-14,19H,1,4-6,15-18,20H2. The number of hydrogen-bond acceptors (Lipinski definition) is 4. The number of hydrogen-bond donors (Lipinski definition) is 0. The summed E-state index contributed by atoms with van der Waals surface area (Å²) in [6.07, 6.45) is 4.84. The van der Waals surface area contributed by atoms with E-state index in [9.17, 15) is 8.78 Å². The number of likely N-dealkylation sites (tertiary alicyclic amines) is 1. The minimum atomic E-state index is -0.486. The van der Waals surface area contributed by atoms with Crippen LogP contribution in [0.25, 0.3) is 0 Å². The van der Waals surface area contributed by atoms with Gasteiger partial charge in [-0.3, -0.25) is 0 Å². The fourth-order valence-electron chi connectivity index (χ4n) is 4.05. The van der Waals surface area contributed by atoms with Crippen LogP contribution in [0.15, 0.2) is 71.6 Å². The Labute approximate surface area is 209 Å². The molecule has 180 valence electrons. The smallest absolute Gasteiger partial charge is 0.147 e. The molecule has 0 radical (unpaired) electrons. The van der Waals surface area contributed by atoms with Crippen LogP contribution in [0.1, 0.15) is 31.2 Å². The van der Waals surface area contributed by atoms with E-state index in [1.165, 1.54) is 50.4 Å². The molecule has 0 amide bonds. The average Bonchev–Trinajstić information content (AvgIpc) is 2.86. The predicted molar refractivity (Wildman–Crippen MR) is 137 cm³/mol. The molecule has 0 unspecified atom stereocenters. The Balaban J connectivity index is 1.48. The summed E-state index contributed by atoms with van der Waals surface area (Å²) in [5, 5.41) is 0.621. The Morgan fingerprint density at radius 1 is 0.941 bits per heavy atom. The van der Waals surface area contributed by atoms with E-state index < -0.39 is 11.6 Å². The van der Waals surface area contributed by atoms with E-state index in [1.807, 2.05) is 36.4 Å². The number of rotatable bonds is 10. The van der Waals surface area contributed by atoms with Gasteiger partial charge in [-0.25, -0.2) is 8.78 Å². The lowest BCUT2D eigenvalue weighted by molar-refractivity contribution is 0.204. The summed E-state index contributed by atoms with van der Waals surface area (Å²) in [7, 11) is 0. The molecule has 0 aliphatic carbocycles. The van der Waals surface area contributed by atoms with E-state index in [4.69, 9.17) is 16.3 Å². The highest BCUT2D eigenvalue weighted by Crippen LogP contribution is 2.35. The maximum absolute atomic E-state index is 14.7. The lowest BCUT2D eigenvalue weighted by atomic mass is 10.1. The lowest BCUT2D eigenvalue weighted by Crippen LogP contribution is -2.31. The third-order valence-corrected chi connectivity index (χ3v) is 7.10. The van der Waals surface area contributed by atoms with Gasteiger partial charge in [0.2, 0.25) is 0 Å². The first-order chi connectivity index (χ1) is 16.6. The second-order valence-corrected chi connectivity index (χ2v) is 9.92. The fraction of sp³-hybridized carbons (Fsp3) is 0.333. The number of para-hydroxylation sites is 1. The van der Waals surface area contributed by atoms with Crippen molar-refractivity contribution in [2.75, 3.05) is 30.5 Å². The van der Waals surface area contributed by atoms with Crippen LogP contribution < -0.4 is 9.04 Å². The zero-order chi connectivity index (χ0) is 23.8. The number of nitrogens with zero attached hydrogens (tertiary/aromatic N) is 2. The van der Waals surface area contributed by atoms with Crippen molar-refractivity contribution in [3.63, 3.8) is 0 Å². The Morgan fingerprint density at radius 2 is 1.71 bits per heavy atom. The Kier molecular flexibility index (Phi) is 9.08. The van der Waals surface area contributed by atoms with Gasteiger partial charge in [-0.05, 0) is 86.8 Å². The summed E-state index contributed by atoms with van der Waals surface area (Å²) in [5.74, 6) is -0.206. The number of benzene rings is 3. The summed E-state index contributed by atoms with van der Waals surface area (Å²) < 4.78 is 36.6. The molecule has 3 aromatic rings. The molecule has 34 heavy (non-hydrogen) atoms. The van der Waals surface area contributed by atoms with Crippen molar-refractivity contribution >= 4 is 29.2 Å². The van der Waals surface area contributed by atoms with Crippen molar-refractivity contribution in [3.8, 4) is 5.75 Å². The molecule has 3 nitrogen and oxygen atoms in total. The highest BCUT2D eigenvalue weighted by molar-refractivity contribution is 8.00. The zero-order valence-corrected chi connectivity index (χ0v) is 20.6. The molecule has 1 fully saturated rings. The molecule has 1 saturated heterocycles. The van der Waals surface area contributed by atoms with Crippen molar-refractivity contribution in [2.45, 2.75) is 37.1 Å². The average molecular weight is 503 g/mol. The topological polar surface area (TPSA) is 15.7 Å². The van der Waals surface area contributed by atoms with Crippen molar-refractivity contribution < 1.29 is 13.5 Å². The van der Waals surface area contributed by atoms with Gasteiger partial charge in [0.15, 0.2) is 0 Å². The van der Waals surface area contributed by atoms with Crippen LogP contribution >= 0.6 is 23.5 Å². The summed E-state index contributed by atoms with van der Waals surface area (Å²) in [6.45, 7) is 4.34. The second kappa shape index (κ2) is 12.4. The molecule has 0 aromatic heterocycles. The van der Waals surface area contributed by atoms with Gasteiger partial charge < -0.3 is 13.9 Å². The zero-order valence-electron chi connectivity index (χ0n) is 19.1. The second-order valence-electron chi connectivity index (χ2n) is 8.39. The highest BCUT2D eigenvalue weighted by atomic mass is 35.5. The summed E-state index contributed by atoms with van der Waals surface area (Å²) >= 11 is 7.35. The largest absolute Gasteiger partial charge is 0.493 e. The van der Waals surface area contributed by atoms with Gasteiger partial charge in [-0.15, -0.1) is 0 Å². The van der Waals surface area contributed by atoms with Crippen molar-refractivity contribution in [1.82, 2.24) is 4.90 Å². The summed E-state index contributed by atoms with van der Waals surface area (Å²) in [6, 6.07) is 18.6. The molecule has 0 spiro atoms. The first kappa shape index (κ1) is 24.8. The Bertz CT molecular complexity index is 1060. The molecule has 1 aliphatic rings. The minimum Gasteiger partial charge on any atom is -0.493 e. The Morgan fingerprint density at radius 3 is 2.50 bits per heavy atom. The predicted octanol–water partition coefficient (Wildman–Crippen LogP) is 7.59. The van der Waals surface area contributed by atoms with Crippen LogP contribution in [-0.4, -0.2) is 31.1 Å². The third-order valence-electron chi connectivity index (χ3n) is 5.82. The van der Waals surface area contributed by atoms with E-state index in [1.54, 1.807) is 16.4 Å². The molecule has 0 saturated carbocycles. The highest BCUT2D eigenvalue weighted by Gasteiger charge is 2.18. The number of piperidine rings is 1. The van der Waals surface area contributed by atoms with Gasteiger partial charge in [-0.1, -0.05) is 36.2 Å². The van der Waals surface area contributed by atoms with E-state index in [0.717, 1.165) is 41.3 Å². The van der Waals surface area contributed by atoms with E-state index in [2.05, 4.69) is 4.90 Å². The van der Waals surface area contributed by atoms with Crippen LogP contribution in [0.2, 0.25) is 5.02 Å². The molecule has 0 N–H and O–H groups in total. The third kappa shape index (κ3) is 7.11. The van der Waals surface area contributed by atoms with Crippen molar-refractivity contribution in [3.05, 3.63) is 89.0 Å². The SMILES string of the molecule is Fc1ccc(F)c(N(Cc2ccccc2OCCCN2CCCCC2)Sc2ccc(Cl)cc2)c1. The number of anilines is 1. The number of ether oxygens (including phenoxy) is 1. The molecular formula is C27H29ClF2N2OS. The molecule has 0 bridgehead atoms. The van der Waals surface area contributed by atoms with Crippen molar-refractivity contribution in [1.29, 1.82) is 0 Å². The fourth-order valence-corrected chi connectivity index (χ4v) is 5.13. The quantitative estimate of drug-likeness (QED) is 0.209. The minimum absolute atomic E-state index is 0.180. The molecule has 4 rings (SSSR count). The van der Waals surface area contributed by atoms with Crippen LogP contribution in [0.4, 0.5) is 14.5 Å². The normalized spacial score (nSPS) is 14.2. The van der Waals surface area contributed by atoms with Crippen LogP contribution in [0.5, 0.6) is 5.75 Å². The lowest BCUT2D eigenvalue weighted by Gasteiger charge is -2.26. The maximum Gasteiger partial charge on any atom is 0.147 e. The van der Waals surface area contributed by atoms with E-state index in [-0.39, 0.29) is 5.69 Å². The van der Waals surface area contributed by atoms with Gasteiger partial charge in [-0.2, -0.15) is 0 Å². The number of halogens is 3. The van der Waals surface area contributed by atoms with Crippen LogP contribution in [0, 0.1) is 11.6 Å². The van der Waals surface area contributed by atoms with E-state index >= 15 is 0 Å². The van der Waals surface area contributed by atoms with Gasteiger partial charge in [0.05, 0.1) is 18.8 Å². The molecule has 7 heteroatoms. The molecule has 1 aliphatic heterocycles. The molecule has 3 aromatic carbocycles. The summed E-state index contributed by atoms with van der Waals surface area (Å²) in [4.78, 5) is 3.36. The van der Waals surface area contributed by atoms with Crippen LogP contribution in [-0.2, 0) is 6.54 Å². The maximum atomic E-state index is 14.7. The monoisotopic (exact) mass is 502 g/mol. The summed E-state index contributed by atoms with van der Waals surface area (Å²) in [5.41, 5.74) is 1.09. The van der Waals surface area contributed by atoms with Crippen molar-refractivity contribution in [2.24, 2.45) is 0 Å². The van der Waals surface area contributed by atoms with Gasteiger partial charge in [0.1, 0.15) is 17.4 Å². The molecule has 1 heterocycles. The van der Waals surface area contributed by atoms with Gasteiger partial charge >= 0.3 is 0 Å².